The van der Waals surface area contributed by atoms with Gasteiger partial charge in [-0.1, -0.05) is 6.07 Å². The summed E-state index contributed by atoms with van der Waals surface area (Å²) in [5.41, 5.74) is 0.544. The van der Waals surface area contributed by atoms with Crippen LogP contribution in [0.15, 0.2) is 18.2 Å². The Hall–Kier alpha value is -1.49. The van der Waals surface area contributed by atoms with Crippen molar-refractivity contribution in [3.8, 4) is 0 Å². The highest BCUT2D eigenvalue weighted by atomic mass is 19.2. The van der Waals surface area contributed by atoms with Crippen LogP contribution in [0.3, 0.4) is 0 Å². The van der Waals surface area contributed by atoms with Crippen LogP contribution in [-0.2, 0) is 16.1 Å². The molecule has 0 spiro atoms. The van der Waals surface area contributed by atoms with E-state index in [1.54, 1.807) is 0 Å². The zero-order valence-corrected chi connectivity index (χ0v) is 9.03. The standard InChI is InChI=1S/C12H12F2O3/c13-10-2-1-7(3-11(10)14)6-17-9-4-8(5-9)12(15)16/h1-3,8-9H,4-6H2,(H,15,16)/t8-,9-. The van der Waals surface area contributed by atoms with E-state index in [1.165, 1.54) is 6.07 Å². The second-order valence-electron chi connectivity index (χ2n) is 4.19. The molecule has 0 aliphatic heterocycles. The third-order valence-electron chi connectivity index (χ3n) is 2.91. The summed E-state index contributed by atoms with van der Waals surface area (Å²) in [6.07, 6.45) is 0.877. The highest BCUT2D eigenvalue weighted by Crippen LogP contribution is 2.30. The van der Waals surface area contributed by atoms with Gasteiger partial charge in [0.05, 0.1) is 18.6 Å². The van der Waals surface area contributed by atoms with Crippen LogP contribution in [0.5, 0.6) is 0 Å². The Morgan fingerprint density at radius 2 is 2.06 bits per heavy atom. The summed E-state index contributed by atoms with van der Waals surface area (Å²) >= 11 is 0. The first-order valence-corrected chi connectivity index (χ1v) is 5.34. The molecule has 1 aromatic carbocycles. The lowest BCUT2D eigenvalue weighted by atomic mass is 9.82. The van der Waals surface area contributed by atoms with Crippen molar-refractivity contribution >= 4 is 5.97 Å². The van der Waals surface area contributed by atoms with Gasteiger partial charge in [-0.2, -0.15) is 0 Å². The molecule has 0 bridgehead atoms. The van der Waals surface area contributed by atoms with Crippen molar-refractivity contribution in [2.45, 2.75) is 25.6 Å². The van der Waals surface area contributed by atoms with Gasteiger partial charge in [0.15, 0.2) is 11.6 Å². The molecule has 1 N–H and O–H groups in total. The summed E-state index contributed by atoms with van der Waals surface area (Å²) in [6.45, 7) is 0.175. The first kappa shape index (κ1) is 12.0. The first-order chi connectivity index (χ1) is 8.06. The van der Waals surface area contributed by atoms with Crippen LogP contribution in [0.1, 0.15) is 18.4 Å². The predicted molar refractivity (Wildman–Crippen MR) is 55.3 cm³/mol. The first-order valence-electron chi connectivity index (χ1n) is 5.34. The second-order valence-corrected chi connectivity index (χ2v) is 4.19. The number of carboxylic acid groups (broad SMARTS) is 1. The molecular weight excluding hydrogens is 230 g/mol. The smallest absolute Gasteiger partial charge is 0.306 e. The van der Waals surface area contributed by atoms with Crippen molar-refractivity contribution in [1.82, 2.24) is 0 Å². The van der Waals surface area contributed by atoms with Gasteiger partial charge in [0.2, 0.25) is 0 Å². The lowest BCUT2D eigenvalue weighted by Gasteiger charge is -2.32. The Labute approximate surface area is 97.0 Å². The molecular formula is C12H12F2O3. The molecule has 1 saturated carbocycles. The molecule has 1 aliphatic carbocycles. The zero-order chi connectivity index (χ0) is 12.4. The van der Waals surface area contributed by atoms with E-state index < -0.39 is 17.6 Å². The summed E-state index contributed by atoms with van der Waals surface area (Å²) in [5.74, 6) is -2.92. The lowest BCUT2D eigenvalue weighted by molar-refractivity contribution is -0.151. The maximum Gasteiger partial charge on any atom is 0.306 e. The molecule has 1 aromatic rings. The van der Waals surface area contributed by atoms with Gasteiger partial charge in [-0.15, -0.1) is 0 Å². The maximum absolute atomic E-state index is 12.9. The van der Waals surface area contributed by atoms with Crippen molar-refractivity contribution in [2.24, 2.45) is 5.92 Å². The van der Waals surface area contributed by atoms with Crippen LogP contribution in [0.2, 0.25) is 0 Å². The van der Waals surface area contributed by atoms with Gasteiger partial charge < -0.3 is 9.84 Å². The van der Waals surface area contributed by atoms with Gasteiger partial charge in [-0.3, -0.25) is 4.79 Å². The van der Waals surface area contributed by atoms with Crippen molar-refractivity contribution < 1.29 is 23.4 Å². The molecule has 0 amide bonds. The van der Waals surface area contributed by atoms with Crippen LogP contribution in [-0.4, -0.2) is 17.2 Å². The van der Waals surface area contributed by atoms with Crippen LogP contribution in [0.4, 0.5) is 8.78 Å². The molecule has 92 valence electrons. The Morgan fingerprint density at radius 1 is 1.35 bits per heavy atom. The lowest BCUT2D eigenvalue weighted by Crippen LogP contribution is -2.36. The molecule has 1 aliphatic rings. The summed E-state index contributed by atoms with van der Waals surface area (Å²) in [5, 5.41) is 8.66. The topological polar surface area (TPSA) is 46.5 Å². The quantitative estimate of drug-likeness (QED) is 0.881. The molecule has 0 unspecified atom stereocenters. The fourth-order valence-corrected chi connectivity index (χ4v) is 1.75. The van der Waals surface area contributed by atoms with E-state index in [4.69, 9.17) is 9.84 Å². The van der Waals surface area contributed by atoms with Crippen molar-refractivity contribution in [3.63, 3.8) is 0 Å². The van der Waals surface area contributed by atoms with Gasteiger partial charge >= 0.3 is 5.97 Å². The molecule has 2 rings (SSSR count). The Balaban J connectivity index is 1.79. The van der Waals surface area contributed by atoms with E-state index in [-0.39, 0.29) is 18.6 Å². The van der Waals surface area contributed by atoms with E-state index in [9.17, 15) is 13.6 Å². The third kappa shape index (κ3) is 2.79. The molecule has 3 nitrogen and oxygen atoms in total. The summed E-state index contributed by atoms with van der Waals surface area (Å²) in [7, 11) is 0. The monoisotopic (exact) mass is 242 g/mol. The molecule has 0 aromatic heterocycles. The van der Waals surface area contributed by atoms with E-state index in [1.807, 2.05) is 0 Å². The minimum Gasteiger partial charge on any atom is -0.481 e. The average molecular weight is 242 g/mol. The molecule has 1 fully saturated rings. The van der Waals surface area contributed by atoms with Crippen molar-refractivity contribution in [2.75, 3.05) is 0 Å². The van der Waals surface area contributed by atoms with Gasteiger partial charge in [0.25, 0.3) is 0 Å². The fraction of sp³-hybridized carbons (Fsp3) is 0.417. The van der Waals surface area contributed by atoms with Gasteiger partial charge in [0.1, 0.15) is 0 Å². The Bertz CT molecular complexity index is 428. The van der Waals surface area contributed by atoms with E-state index in [0.29, 0.717) is 18.4 Å². The number of aliphatic carboxylic acids is 1. The largest absolute Gasteiger partial charge is 0.481 e. The number of hydrogen-bond donors (Lipinski definition) is 1. The average Bonchev–Trinajstić information content (AvgIpc) is 2.20. The molecule has 17 heavy (non-hydrogen) atoms. The number of carbonyl (C=O) groups is 1. The number of hydrogen-bond acceptors (Lipinski definition) is 2. The SMILES string of the molecule is O=C(O)[C@H]1C[C@H](OCc2ccc(F)c(F)c2)C1. The van der Waals surface area contributed by atoms with Gasteiger partial charge in [-0.05, 0) is 30.5 Å². The minimum atomic E-state index is -0.900. The minimum absolute atomic E-state index is 0.0933. The van der Waals surface area contributed by atoms with E-state index in [0.717, 1.165) is 12.1 Å². The number of ether oxygens (including phenoxy) is 1. The summed E-state index contributed by atoms with van der Waals surface area (Å²) < 4.78 is 30.9. The molecule has 0 radical (unpaired) electrons. The number of benzene rings is 1. The number of halogens is 2. The van der Waals surface area contributed by atoms with Gasteiger partial charge in [-0.25, -0.2) is 8.78 Å². The fourth-order valence-electron chi connectivity index (χ4n) is 1.75. The molecule has 5 heteroatoms. The molecule has 0 atom stereocenters. The zero-order valence-electron chi connectivity index (χ0n) is 9.03. The Kier molecular flexibility index (Phi) is 3.38. The second kappa shape index (κ2) is 4.79. The summed E-state index contributed by atoms with van der Waals surface area (Å²) in [4.78, 5) is 10.5. The highest BCUT2D eigenvalue weighted by molar-refractivity contribution is 5.71. The number of rotatable bonds is 4. The van der Waals surface area contributed by atoms with Crippen LogP contribution >= 0.6 is 0 Å². The normalized spacial score (nSPS) is 23.2. The Morgan fingerprint density at radius 3 is 2.65 bits per heavy atom. The van der Waals surface area contributed by atoms with Crippen molar-refractivity contribution in [1.29, 1.82) is 0 Å². The van der Waals surface area contributed by atoms with E-state index >= 15 is 0 Å². The van der Waals surface area contributed by atoms with Gasteiger partial charge in [0, 0.05) is 0 Å². The van der Waals surface area contributed by atoms with Crippen LogP contribution in [0.25, 0.3) is 0 Å². The highest BCUT2D eigenvalue weighted by Gasteiger charge is 2.35. The molecule has 0 saturated heterocycles. The maximum atomic E-state index is 12.9. The van der Waals surface area contributed by atoms with Crippen molar-refractivity contribution in [3.05, 3.63) is 35.4 Å². The van der Waals surface area contributed by atoms with E-state index in [2.05, 4.69) is 0 Å². The summed E-state index contributed by atoms with van der Waals surface area (Å²) in [6, 6.07) is 3.59. The molecule has 0 heterocycles. The third-order valence-corrected chi connectivity index (χ3v) is 2.91. The predicted octanol–water partition coefficient (Wildman–Crippen LogP) is 2.34. The number of carboxylic acids is 1. The van der Waals surface area contributed by atoms with Crippen LogP contribution < -0.4 is 0 Å². The van der Waals surface area contributed by atoms with Crippen LogP contribution in [0, 0.1) is 17.6 Å².